The largest absolute Gasteiger partial charge is 0.436 e. The number of nitrogens with zero attached hydrogens (tertiary/aromatic N) is 2. The monoisotopic (exact) mass is 746 g/mol. The topological polar surface area (TPSA) is 29.3 Å². The molecule has 0 saturated carbocycles. The van der Waals surface area contributed by atoms with Crippen molar-refractivity contribution in [3.05, 3.63) is 206 Å². The number of anilines is 3. The number of oxazole rings is 1. The van der Waals surface area contributed by atoms with E-state index in [2.05, 4.69) is 181 Å². The van der Waals surface area contributed by atoms with E-state index in [4.69, 9.17) is 9.40 Å². The molecule has 268 valence electrons. The lowest BCUT2D eigenvalue weighted by Gasteiger charge is -2.27. The third-order valence-corrected chi connectivity index (χ3v) is 12.0. The van der Waals surface area contributed by atoms with Gasteiger partial charge in [-0.1, -0.05) is 133 Å². The van der Waals surface area contributed by atoms with Gasteiger partial charge in [-0.3, -0.25) is 0 Å². The van der Waals surface area contributed by atoms with Crippen LogP contribution in [0.1, 0.15) is 0 Å². The van der Waals surface area contributed by atoms with Crippen LogP contribution in [0.2, 0.25) is 0 Å². The van der Waals surface area contributed by atoms with E-state index in [1.165, 1.54) is 64.3 Å². The molecule has 57 heavy (non-hydrogen) atoms. The van der Waals surface area contributed by atoms with E-state index in [0.717, 1.165) is 33.7 Å². The van der Waals surface area contributed by atoms with Gasteiger partial charge in [-0.15, -0.1) is 11.3 Å². The Kier molecular flexibility index (Phi) is 8.01. The zero-order valence-corrected chi connectivity index (χ0v) is 31.7. The minimum absolute atomic E-state index is 0.638. The molecule has 0 bridgehead atoms. The molecule has 0 amide bonds. The van der Waals surface area contributed by atoms with Crippen LogP contribution in [0.15, 0.2) is 211 Å². The van der Waals surface area contributed by atoms with Crippen LogP contribution in [0.4, 0.5) is 17.1 Å². The highest BCUT2D eigenvalue weighted by molar-refractivity contribution is 7.25. The summed E-state index contributed by atoms with van der Waals surface area (Å²) in [5.74, 6) is 0.638. The van der Waals surface area contributed by atoms with E-state index in [-0.39, 0.29) is 0 Å². The quantitative estimate of drug-likeness (QED) is 0.163. The van der Waals surface area contributed by atoms with Gasteiger partial charge in [-0.25, -0.2) is 4.98 Å². The highest BCUT2D eigenvalue weighted by Gasteiger charge is 2.19. The minimum atomic E-state index is 0.638. The fourth-order valence-corrected chi connectivity index (χ4v) is 9.14. The number of aromatic nitrogens is 1. The summed E-state index contributed by atoms with van der Waals surface area (Å²) >= 11 is 1.79. The predicted molar refractivity (Wildman–Crippen MR) is 241 cm³/mol. The molecule has 0 N–H and O–H groups in total. The van der Waals surface area contributed by atoms with Gasteiger partial charge >= 0.3 is 0 Å². The van der Waals surface area contributed by atoms with Crippen LogP contribution >= 0.6 is 11.3 Å². The second kappa shape index (κ2) is 13.8. The van der Waals surface area contributed by atoms with Crippen molar-refractivity contribution in [1.29, 1.82) is 0 Å². The fraction of sp³-hybridized carbons (Fsp3) is 0. The molecule has 0 aliphatic heterocycles. The number of fused-ring (bicyclic) bond motifs is 5. The third kappa shape index (κ3) is 6.04. The first-order valence-electron chi connectivity index (χ1n) is 19.2. The average Bonchev–Trinajstić information content (AvgIpc) is 3.87. The van der Waals surface area contributed by atoms with Gasteiger partial charge in [0.1, 0.15) is 5.52 Å². The summed E-state index contributed by atoms with van der Waals surface area (Å²) in [7, 11) is 0. The van der Waals surface area contributed by atoms with Gasteiger partial charge in [-0.05, 0) is 111 Å². The lowest BCUT2D eigenvalue weighted by atomic mass is 9.92. The van der Waals surface area contributed by atoms with Crippen LogP contribution in [-0.2, 0) is 0 Å². The Labute approximate surface area is 334 Å². The van der Waals surface area contributed by atoms with E-state index < -0.39 is 0 Å². The average molecular weight is 747 g/mol. The van der Waals surface area contributed by atoms with Crippen molar-refractivity contribution in [2.75, 3.05) is 4.90 Å². The summed E-state index contributed by atoms with van der Waals surface area (Å²) in [6, 6.07) is 73.8. The lowest BCUT2D eigenvalue weighted by Crippen LogP contribution is -2.10. The molecular weight excluding hydrogens is 713 g/mol. The maximum Gasteiger partial charge on any atom is 0.227 e. The Balaban J connectivity index is 1.10. The van der Waals surface area contributed by atoms with Crippen molar-refractivity contribution in [2.24, 2.45) is 0 Å². The summed E-state index contributed by atoms with van der Waals surface area (Å²) in [4.78, 5) is 7.31. The third-order valence-electron chi connectivity index (χ3n) is 10.9. The molecule has 0 saturated heterocycles. The molecule has 11 aromatic rings. The molecule has 9 aromatic carbocycles. The van der Waals surface area contributed by atoms with Crippen molar-refractivity contribution < 1.29 is 4.42 Å². The van der Waals surface area contributed by atoms with Crippen LogP contribution in [0, 0.1) is 0 Å². The zero-order chi connectivity index (χ0) is 37.7. The maximum atomic E-state index is 6.28. The van der Waals surface area contributed by atoms with Crippen molar-refractivity contribution in [2.45, 2.75) is 0 Å². The van der Waals surface area contributed by atoms with Crippen molar-refractivity contribution in [3.8, 4) is 44.8 Å². The second-order valence-electron chi connectivity index (χ2n) is 14.4. The molecule has 0 aliphatic carbocycles. The first-order valence-corrected chi connectivity index (χ1v) is 20.0. The molecule has 2 aromatic heterocycles. The molecule has 2 heterocycles. The number of hydrogen-bond acceptors (Lipinski definition) is 4. The smallest absolute Gasteiger partial charge is 0.227 e. The standard InChI is InChI=1S/C53H34N2OS/c1-4-12-35(13-5-1)37-22-24-42(25-23-37)55(43-26-28-45(38-15-6-2-7-16-38)46(31-43)41-21-20-36-14-10-11-19-40(36)30-41)44-27-29-51-47(32-44)48-33-49-50(34-52(48)57-51)56-53(54-49)39-17-8-3-9-18-39/h1-34H. The maximum absolute atomic E-state index is 6.28. The number of thiophene rings is 1. The van der Waals surface area contributed by atoms with Gasteiger partial charge in [-0.2, -0.15) is 0 Å². The fourth-order valence-electron chi connectivity index (χ4n) is 8.05. The van der Waals surface area contributed by atoms with E-state index in [1.54, 1.807) is 11.3 Å². The number of hydrogen-bond donors (Lipinski definition) is 0. The predicted octanol–water partition coefficient (Wildman–Crippen LogP) is 15.5. The molecule has 0 aliphatic rings. The van der Waals surface area contributed by atoms with E-state index in [1.807, 2.05) is 30.3 Å². The lowest BCUT2D eigenvalue weighted by molar-refractivity contribution is 0.620. The van der Waals surface area contributed by atoms with E-state index in [9.17, 15) is 0 Å². The summed E-state index contributed by atoms with van der Waals surface area (Å²) in [6.45, 7) is 0. The Hall–Kier alpha value is -7.27. The van der Waals surface area contributed by atoms with Crippen LogP contribution in [0.5, 0.6) is 0 Å². The highest BCUT2D eigenvalue weighted by atomic mass is 32.1. The Morgan fingerprint density at radius 2 is 0.982 bits per heavy atom. The van der Waals surface area contributed by atoms with Gasteiger partial charge in [0, 0.05) is 48.9 Å². The second-order valence-corrected chi connectivity index (χ2v) is 15.5. The molecule has 0 fully saturated rings. The van der Waals surface area contributed by atoms with Gasteiger partial charge in [0.25, 0.3) is 0 Å². The Bertz CT molecular complexity index is 3220. The SMILES string of the molecule is c1ccc(-c2ccc(N(c3ccc(-c4ccccc4)c(-c4ccc5ccccc5c4)c3)c3ccc4sc5cc6oc(-c7ccccc7)nc6cc5c4c3)cc2)cc1. The number of benzene rings is 9. The van der Waals surface area contributed by atoms with Crippen molar-refractivity contribution in [3.63, 3.8) is 0 Å². The van der Waals surface area contributed by atoms with Gasteiger partial charge in [0.15, 0.2) is 5.58 Å². The van der Waals surface area contributed by atoms with E-state index in [0.29, 0.717) is 5.89 Å². The molecule has 4 heteroatoms. The van der Waals surface area contributed by atoms with Crippen LogP contribution in [0.3, 0.4) is 0 Å². The van der Waals surface area contributed by atoms with Crippen LogP contribution in [0.25, 0.3) is 86.9 Å². The molecule has 0 atom stereocenters. The minimum Gasteiger partial charge on any atom is -0.436 e. The van der Waals surface area contributed by atoms with Crippen LogP contribution in [-0.4, -0.2) is 4.98 Å². The Morgan fingerprint density at radius 3 is 1.75 bits per heavy atom. The molecule has 3 nitrogen and oxygen atoms in total. The molecule has 0 spiro atoms. The molecule has 0 unspecified atom stereocenters. The molecule has 11 rings (SSSR count). The zero-order valence-electron chi connectivity index (χ0n) is 30.8. The van der Waals surface area contributed by atoms with Crippen molar-refractivity contribution >= 4 is 70.4 Å². The summed E-state index contributed by atoms with van der Waals surface area (Å²) in [5.41, 5.74) is 13.0. The van der Waals surface area contributed by atoms with Crippen LogP contribution < -0.4 is 4.90 Å². The highest BCUT2D eigenvalue weighted by Crippen LogP contribution is 2.45. The number of rotatable bonds is 7. The summed E-state index contributed by atoms with van der Waals surface area (Å²) < 4.78 is 8.68. The summed E-state index contributed by atoms with van der Waals surface area (Å²) in [5, 5.41) is 4.82. The Morgan fingerprint density at radius 1 is 0.386 bits per heavy atom. The molecular formula is C53H34N2OS. The normalized spacial score (nSPS) is 11.5. The van der Waals surface area contributed by atoms with Crippen molar-refractivity contribution in [1.82, 2.24) is 4.98 Å². The first kappa shape index (κ1) is 33.1. The molecule has 0 radical (unpaired) electrons. The first-order chi connectivity index (χ1) is 28.2. The van der Waals surface area contributed by atoms with Gasteiger partial charge in [0.2, 0.25) is 5.89 Å². The van der Waals surface area contributed by atoms with Gasteiger partial charge in [0.05, 0.1) is 0 Å². The van der Waals surface area contributed by atoms with Gasteiger partial charge < -0.3 is 9.32 Å². The van der Waals surface area contributed by atoms with E-state index >= 15 is 0 Å². The summed E-state index contributed by atoms with van der Waals surface area (Å²) in [6.07, 6.45) is 0.